The lowest BCUT2D eigenvalue weighted by Gasteiger charge is -2.08. The van der Waals surface area contributed by atoms with E-state index in [0.717, 1.165) is 55.6 Å². The molecule has 5 rings (SSSR count). The average molecular weight is 411 g/mol. The molecule has 31 heavy (non-hydrogen) atoms. The van der Waals surface area contributed by atoms with Crippen LogP contribution in [-0.4, -0.2) is 12.1 Å². The number of aromatic nitrogens is 2. The minimum absolute atomic E-state index is 0.713. The summed E-state index contributed by atoms with van der Waals surface area (Å²) in [4.78, 5) is 6.60. The van der Waals surface area contributed by atoms with Crippen LogP contribution in [-0.2, 0) is 0 Å². The van der Waals surface area contributed by atoms with Gasteiger partial charge in [0.15, 0.2) is 0 Å². The zero-order chi connectivity index (χ0) is 21.4. The highest BCUT2D eigenvalue weighted by Gasteiger charge is 2.11. The maximum Gasteiger partial charge on any atom is 0.377 e. The van der Waals surface area contributed by atoms with E-state index in [9.17, 15) is 0 Å². The SMILES string of the molecule is COc1ccc(-c2cc(=NNc3[nH]c4ccccc4[nH+]3)c3cc(C)cc(C)c3o2)cc1. The van der Waals surface area contributed by atoms with Gasteiger partial charge in [0.25, 0.3) is 0 Å². The number of H-pyrrole nitrogens is 2. The largest absolute Gasteiger partial charge is 0.497 e. The third kappa shape index (κ3) is 3.64. The summed E-state index contributed by atoms with van der Waals surface area (Å²) in [6.07, 6.45) is 0. The molecule has 3 N–H and O–H groups in total. The fraction of sp³-hybridized carbons (Fsp3) is 0.120. The Morgan fingerprint density at radius 3 is 2.58 bits per heavy atom. The summed E-state index contributed by atoms with van der Waals surface area (Å²) < 4.78 is 11.6. The van der Waals surface area contributed by atoms with E-state index >= 15 is 0 Å². The van der Waals surface area contributed by atoms with Crippen LogP contribution in [0.25, 0.3) is 33.3 Å². The molecule has 0 atom stereocenters. The molecule has 0 amide bonds. The fourth-order valence-corrected chi connectivity index (χ4v) is 3.79. The Morgan fingerprint density at radius 1 is 1.00 bits per heavy atom. The van der Waals surface area contributed by atoms with Gasteiger partial charge in [-0.1, -0.05) is 18.2 Å². The minimum Gasteiger partial charge on any atom is -0.497 e. The molecule has 2 aromatic heterocycles. The lowest BCUT2D eigenvalue weighted by molar-refractivity contribution is -0.326. The summed E-state index contributed by atoms with van der Waals surface area (Å²) in [5.74, 6) is 2.26. The van der Waals surface area contributed by atoms with Crippen LogP contribution in [0.2, 0.25) is 0 Å². The van der Waals surface area contributed by atoms with Crippen LogP contribution in [0.5, 0.6) is 5.75 Å². The van der Waals surface area contributed by atoms with Gasteiger partial charge in [-0.05, 0) is 67.4 Å². The molecule has 0 radical (unpaired) electrons. The Bertz CT molecular complexity index is 1430. The van der Waals surface area contributed by atoms with Crippen LogP contribution in [0.4, 0.5) is 5.95 Å². The van der Waals surface area contributed by atoms with E-state index < -0.39 is 0 Å². The van der Waals surface area contributed by atoms with Crippen molar-refractivity contribution >= 4 is 28.0 Å². The first-order valence-corrected chi connectivity index (χ1v) is 10.1. The summed E-state index contributed by atoms with van der Waals surface area (Å²) in [7, 11) is 1.66. The van der Waals surface area contributed by atoms with Crippen molar-refractivity contribution < 1.29 is 14.1 Å². The number of nitrogens with one attached hydrogen (secondary N) is 3. The third-order valence-corrected chi connectivity index (χ3v) is 5.28. The smallest absolute Gasteiger partial charge is 0.377 e. The summed E-state index contributed by atoms with van der Waals surface area (Å²) in [6.45, 7) is 4.13. The van der Waals surface area contributed by atoms with Gasteiger partial charge < -0.3 is 9.15 Å². The number of imidazole rings is 1. The lowest BCUT2D eigenvalue weighted by atomic mass is 10.1. The highest BCUT2D eigenvalue weighted by molar-refractivity contribution is 5.82. The molecule has 3 aromatic carbocycles. The van der Waals surface area contributed by atoms with E-state index in [1.807, 2.05) is 54.6 Å². The maximum atomic E-state index is 6.30. The number of para-hydroxylation sites is 2. The zero-order valence-corrected chi connectivity index (χ0v) is 17.6. The molecule has 0 fully saturated rings. The monoisotopic (exact) mass is 411 g/mol. The highest BCUT2D eigenvalue weighted by Crippen LogP contribution is 2.26. The van der Waals surface area contributed by atoms with E-state index in [1.165, 1.54) is 0 Å². The van der Waals surface area contributed by atoms with Crippen molar-refractivity contribution in [2.45, 2.75) is 13.8 Å². The fourth-order valence-electron chi connectivity index (χ4n) is 3.79. The first-order chi connectivity index (χ1) is 15.1. The molecular weight excluding hydrogens is 388 g/mol. The highest BCUT2D eigenvalue weighted by atomic mass is 16.5. The molecule has 0 saturated carbocycles. The lowest BCUT2D eigenvalue weighted by Crippen LogP contribution is -2.12. The quantitative estimate of drug-likeness (QED) is 0.411. The number of aryl methyl sites for hydroxylation is 2. The Labute approximate surface area is 179 Å². The molecule has 2 heterocycles. The summed E-state index contributed by atoms with van der Waals surface area (Å²) in [5, 5.41) is 6.46. The second-order valence-electron chi connectivity index (χ2n) is 7.58. The van der Waals surface area contributed by atoms with Crippen LogP contribution in [0.1, 0.15) is 11.1 Å². The van der Waals surface area contributed by atoms with Gasteiger partial charge in [-0.15, -0.1) is 5.10 Å². The van der Waals surface area contributed by atoms with E-state index in [1.54, 1.807) is 7.11 Å². The van der Waals surface area contributed by atoms with Crippen molar-refractivity contribution in [3.63, 3.8) is 0 Å². The molecule has 0 spiro atoms. The second-order valence-corrected chi connectivity index (χ2v) is 7.58. The van der Waals surface area contributed by atoms with Crippen molar-refractivity contribution in [3.05, 3.63) is 83.2 Å². The molecule has 0 saturated heterocycles. The van der Waals surface area contributed by atoms with Crippen LogP contribution in [0.3, 0.4) is 0 Å². The van der Waals surface area contributed by atoms with Crippen molar-refractivity contribution in [1.82, 2.24) is 4.98 Å². The third-order valence-electron chi connectivity index (χ3n) is 5.28. The van der Waals surface area contributed by atoms with Crippen molar-refractivity contribution in [3.8, 4) is 17.1 Å². The van der Waals surface area contributed by atoms with Gasteiger partial charge in [0, 0.05) is 17.0 Å². The Balaban J connectivity index is 1.66. The number of rotatable bonds is 4. The summed E-state index contributed by atoms with van der Waals surface area (Å²) >= 11 is 0. The summed E-state index contributed by atoms with van der Waals surface area (Å²) in [6, 6.07) is 22.0. The second kappa shape index (κ2) is 7.65. The molecule has 6 nitrogen and oxygen atoms in total. The van der Waals surface area contributed by atoms with Crippen molar-refractivity contribution in [1.29, 1.82) is 0 Å². The van der Waals surface area contributed by atoms with Gasteiger partial charge in [-0.3, -0.25) is 0 Å². The van der Waals surface area contributed by atoms with Gasteiger partial charge in [0.1, 0.15) is 33.5 Å². The first-order valence-electron chi connectivity index (χ1n) is 10.1. The van der Waals surface area contributed by atoms with Crippen LogP contribution >= 0.6 is 0 Å². The topological polar surface area (TPSA) is 76.7 Å². The molecule has 0 aliphatic rings. The van der Waals surface area contributed by atoms with Crippen molar-refractivity contribution in [2.75, 3.05) is 12.5 Å². The number of fused-ring (bicyclic) bond motifs is 2. The van der Waals surface area contributed by atoms with Gasteiger partial charge >= 0.3 is 5.95 Å². The van der Waals surface area contributed by atoms with E-state index in [0.29, 0.717) is 5.95 Å². The molecular formula is C25H23N4O2+. The molecule has 5 aromatic rings. The Hall–Kier alpha value is -4.06. The minimum atomic E-state index is 0.713. The molecule has 6 heteroatoms. The molecule has 0 aliphatic carbocycles. The standard InChI is InChI=1S/C25H22N4O2/c1-15-12-16(2)24-19(13-15)22(14-23(31-24)17-8-10-18(30-3)11-9-17)28-29-25-26-20-6-4-5-7-21(20)27-25/h4-14H,1-3H3,(H2,26,27,29)/p+1. The summed E-state index contributed by atoms with van der Waals surface area (Å²) in [5.41, 5.74) is 9.16. The van der Waals surface area contributed by atoms with E-state index in [-0.39, 0.29) is 0 Å². The van der Waals surface area contributed by atoms with Gasteiger partial charge in [0.2, 0.25) is 0 Å². The number of aromatic amines is 2. The number of anilines is 1. The number of hydrogen-bond acceptors (Lipinski definition) is 4. The predicted molar refractivity (Wildman–Crippen MR) is 122 cm³/mol. The molecule has 0 bridgehead atoms. The maximum absolute atomic E-state index is 6.30. The van der Waals surface area contributed by atoms with Crippen molar-refractivity contribution in [2.24, 2.45) is 5.10 Å². The number of hydrogen-bond donors (Lipinski definition) is 2. The van der Waals surface area contributed by atoms with E-state index in [2.05, 4.69) is 41.4 Å². The number of methoxy groups -OCH3 is 1. The van der Waals surface area contributed by atoms with Gasteiger partial charge in [-0.2, -0.15) is 5.43 Å². The van der Waals surface area contributed by atoms with Crippen LogP contribution in [0, 0.1) is 13.8 Å². The Kier molecular flexibility index (Phi) is 4.67. The number of ether oxygens (including phenoxy) is 1. The average Bonchev–Trinajstić information content (AvgIpc) is 3.21. The van der Waals surface area contributed by atoms with E-state index in [4.69, 9.17) is 14.3 Å². The van der Waals surface area contributed by atoms with Crippen LogP contribution in [0.15, 0.2) is 76.2 Å². The van der Waals surface area contributed by atoms with Crippen LogP contribution < -0.4 is 20.5 Å². The zero-order valence-electron chi connectivity index (χ0n) is 17.6. The predicted octanol–water partition coefficient (Wildman–Crippen LogP) is 4.95. The Morgan fingerprint density at radius 2 is 1.81 bits per heavy atom. The molecule has 0 aliphatic heterocycles. The molecule has 0 unspecified atom stereocenters. The number of benzene rings is 3. The molecule has 154 valence electrons. The first kappa shape index (κ1) is 18.9. The van der Waals surface area contributed by atoms with Gasteiger partial charge in [0.05, 0.1) is 7.11 Å². The normalized spacial score (nSPS) is 11.9. The van der Waals surface area contributed by atoms with Gasteiger partial charge in [-0.25, -0.2) is 9.97 Å². The number of nitrogens with zero attached hydrogens (tertiary/aromatic N) is 1.